The molecule has 1 aliphatic heterocycles. The van der Waals surface area contributed by atoms with E-state index in [0.717, 1.165) is 5.69 Å². The monoisotopic (exact) mass is 283 g/mol. The van der Waals surface area contributed by atoms with Gasteiger partial charge in [0.25, 0.3) is 0 Å². The van der Waals surface area contributed by atoms with Gasteiger partial charge in [-0.15, -0.1) is 0 Å². The number of rotatable bonds is 2. The van der Waals surface area contributed by atoms with E-state index in [1.165, 1.54) is 43.6 Å². The number of hydrogen-bond donors (Lipinski definition) is 0. The number of aromatic nitrogens is 2. The maximum absolute atomic E-state index is 4.50. The van der Waals surface area contributed by atoms with E-state index in [1.54, 1.807) is 0 Å². The molecular weight excluding hydrogens is 258 g/mol. The second-order valence-corrected chi connectivity index (χ2v) is 6.99. The highest BCUT2D eigenvalue weighted by molar-refractivity contribution is 5.51. The average Bonchev–Trinajstić information content (AvgIpc) is 2.98. The van der Waals surface area contributed by atoms with Crippen LogP contribution in [0.3, 0.4) is 0 Å². The van der Waals surface area contributed by atoms with Crippen molar-refractivity contribution in [3.8, 4) is 5.69 Å². The zero-order valence-electron chi connectivity index (χ0n) is 13.3. The van der Waals surface area contributed by atoms with E-state index in [-0.39, 0.29) is 5.41 Å². The Morgan fingerprint density at radius 3 is 2.10 bits per heavy atom. The largest absolute Gasteiger partial charge is 0.372 e. The zero-order valence-corrected chi connectivity index (χ0v) is 13.3. The quantitative estimate of drug-likeness (QED) is 0.825. The Kier molecular flexibility index (Phi) is 3.75. The van der Waals surface area contributed by atoms with E-state index in [2.05, 4.69) is 61.2 Å². The van der Waals surface area contributed by atoms with Crippen molar-refractivity contribution in [2.24, 2.45) is 0 Å². The van der Waals surface area contributed by atoms with Crippen LogP contribution in [0.2, 0.25) is 0 Å². The van der Waals surface area contributed by atoms with Gasteiger partial charge in [0.2, 0.25) is 0 Å². The third-order valence-electron chi connectivity index (χ3n) is 4.28. The highest BCUT2D eigenvalue weighted by Crippen LogP contribution is 2.24. The van der Waals surface area contributed by atoms with Crippen LogP contribution in [0.5, 0.6) is 0 Å². The molecule has 2 aromatic rings. The van der Waals surface area contributed by atoms with E-state index >= 15 is 0 Å². The first-order valence-corrected chi connectivity index (χ1v) is 7.94. The molecule has 0 amide bonds. The van der Waals surface area contributed by atoms with Gasteiger partial charge >= 0.3 is 0 Å². The van der Waals surface area contributed by atoms with Gasteiger partial charge in [0.05, 0.1) is 11.9 Å². The number of anilines is 1. The SMILES string of the molecule is CC(C)(C)c1cnn(-c2ccc(N3CCCCC3)cc2)c1. The van der Waals surface area contributed by atoms with Gasteiger partial charge in [-0.2, -0.15) is 5.10 Å². The Morgan fingerprint density at radius 2 is 1.52 bits per heavy atom. The molecule has 0 radical (unpaired) electrons. The highest BCUT2D eigenvalue weighted by Gasteiger charge is 2.16. The summed E-state index contributed by atoms with van der Waals surface area (Å²) < 4.78 is 1.97. The fourth-order valence-electron chi connectivity index (χ4n) is 2.82. The van der Waals surface area contributed by atoms with E-state index in [0.29, 0.717) is 0 Å². The molecule has 2 heterocycles. The molecule has 1 aromatic heterocycles. The number of nitrogens with zero attached hydrogens (tertiary/aromatic N) is 3. The summed E-state index contributed by atoms with van der Waals surface area (Å²) in [4.78, 5) is 2.48. The molecule has 1 aliphatic rings. The molecule has 0 unspecified atom stereocenters. The lowest BCUT2D eigenvalue weighted by atomic mass is 9.90. The molecule has 0 bridgehead atoms. The molecule has 0 aliphatic carbocycles. The van der Waals surface area contributed by atoms with Crippen molar-refractivity contribution >= 4 is 5.69 Å². The number of piperidine rings is 1. The molecule has 1 aromatic carbocycles. The predicted octanol–water partition coefficient (Wildman–Crippen LogP) is 4.16. The van der Waals surface area contributed by atoms with E-state index in [4.69, 9.17) is 0 Å². The van der Waals surface area contributed by atoms with Gasteiger partial charge < -0.3 is 4.90 Å². The number of hydrogen-bond acceptors (Lipinski definition) is 2. The molecule has 112 valence electrons. The summed E-state index contributed by atoms with van der Waals surface area (Å²) >= 11 is 0. The minimum Gasteiger partial charge on any atom is -0.372 e. The average molecular weight is 283 g/mol. The minimum atomic E-state index is 0.145. The molecule has 21 heavy (non-hydrogen) atoms. The smallest absolute Gasteiger partial charge is 0.0647 e. The third-order valence-corrected chi connectivity index (χ3v) is 4.28. The van der Waals surface area contributed by atoms with Crippen LogP contribution in [0, 0.1) is 0 Å². The summed E-state index contributed by atoms with van der Waals surface area (Å²) in [6.45, 7) is 9.03. The first kappa shape index (κ1) is 14.2. The van der Waals surface area contributed by atoms with Crippen molar-refractivity contribution in [1.29, 1.82) is 0 Å². The van der Waals surface area contributed by atoms with Gasteiger partial charge in [0.1, 0.15) is 0 Å². The third kappa shape index (κ3) is 3.12. The lowest BCUT2D eigenvalue weighted by Gasteiger charge is -2.28. The second-order valence-electron chi connectivity index (χ2n) is 6.99. The maximum Gasteiger partial charge on any atom is 0.0647 e. The molecular formula is C18H25N3. The Hall–Kier alpha value is -1.77. The molecule has 3 heteroatoms. The van der Waals surface area contributed by atoms with Crippen LogP contribution in [-0.4, -0.2) is 22.9 Å². The Bertz CT molecular complexity index is 584. The molecule has 0 spiro atoms. The Morgan fingerprint density at radius 1 is 0.905 bits per heavy atom. The summed E-state index contributed by atoms with van der Waals surface area (Å²) in [5.41, 5.74) is 3.88. The lowest BCUT2D eigenvalue weighted by molar-refractivity contribution is 0.578. The molecule has 1 saturated heterocycles. The summed E-state index contributed by atoms with van der Waals surface area (Å²) in [5, 5.41) is 4.50. The topological polar surface area (TPSA) is 21.1 Å². The van der Waals surface area contributed by atoms with Gasteiger partial charge in [0.15, 0.2) is 0 Å². The fraction of sp³-hybridized carbons (Fsp3) is 0.500. The first-order chi connectivity index (χ1) is 10.0. The van der Waals surface area contributed by atoms with Crippen molar-refractivity contribution in [2.45, 2.75) is 45.4 Å². The van der Waals surface area contributed by atoms with Crippen LogP contribution in [-0.2, 0) is 5.41 Å². The van der Waals surface area contributed by atoms with Gasteiger partial charge in [0, 0.05) is 25.0 Å². The zero-order chi connectivity index (χ0) is 14.9. The normalized spacial score (nSPS) is 16.2. The molecule has 1 fully saturated rings. The van der Waals surface area contributed by atoms with Gasteiger partial charge in [-0.3, -0.25) is 0 Å². The van der Waals surface area contributed by atoms with Crippen LogP contribution in [0.4, 0.5) is 5.69 Å². The van der Waals surface area contributed by atoms with Crippen molar-refractivity contribution in [3.63, 3.8) is 0 Å². The van der Waals surface area contributed by atoms with Crippen LogP contribution in [0.1, 0.15) is 45.6 Å². The highest BCUT2D eigenvalue weighted by atomic mass is 15.3. The van der Waals surface area contributed by atoms with Crippen LogP contribution < -0.4 is 4.90 Å². The van der Waals surface area contributed by atoms with E-state index in [1.807, 2.05) is 10.9 Å². The second kappa shape index (κ2) is 5.55. The lowest BCUT2D eigenvalue weighted by Crippen LogP contribution is -2.29. The molecule has 3 nitrogen and oxygen atoms in total. The van der Waals surface area contributed by atoms with Gasteiger partial charge in [-0.1, -0.05) is 20.8 Å². The summed E-state index contributed by atoms with van der Waals surface area (Å²) in [5.74, 6) is 0. The molecule has 3 rings (SSSR count). The van der Waals surface area contributed by atoms with Gasteiger partial charge in [-0.05, 0) is 54.5 Å². The molecule has 0 atom stereocenters. The van der Waals surface area contributed by atoms with Crippen molar-refractivity contribution in [3.05, 3.63) is 42.2 Å². The summed E-state index contributed by atoms with van der Waals surface area (Å²) in [6.07, 6.45) is 8.11. The first-order valence-electron chi connectivity index (χ1n) is 7.94. The van der Waals surface area contributed by atoms with Crippen molar-refractivity contribution in [1.82, 2.24) is 9.78 Å². The van der Waals surface area contributed by atoms with E-state index in [9.17, 15) is 0 Å². The summed E-state index contributed by atoms with van der Waals surface area (Å²) in [7, 11) is 0. The van der Waals surface area contributed by atoms with Crippen LogP contribution in [0.15, 0.2) is 36.7 Å². The molecule has 0 N–H and O–H groups in total. The number of benzene rings is 1. The van der Waals surface area contributed by atoms with Crippen LogP contribution >= 0.6 is 0 Å². The summed E-state index contributed by atoms with van der Waals surface area (Å²) in [6, 6.07) is 8.78. The van der Waals surface area contributed by atoms with Crippen LogP contribution in [0.25, 0.3) is 5.69 Å². The molecule has 0 saturated carbocycles. The van der Waals surface area contributed by atoms with Crippen molar-refractivity contribution in [2.75, 3.05) is 18.0 Å². The van der Waals surface area contributed by atoms with Gasteiger partial charge in [-0.25, -0.2) is 4.68 Å². The Labute approximate surface area is 127 Å². The van der Waals surface area contributed by atoms with E-state index < -0.39 is 0 Å². The predicted molar refractivity (Wildman–Crippen MR) is 88.3 cm³/mol. The minimum absolute atomic E-state index is 0.145. The maximum atomic E-state index is 4.50. The standard InChI is InChI=1S/C18H25N3/c1-18(2,3)15-13-19-21(14-15)17-9-7-16(8-10-17)20-11-5-4-6-12-20/h7-10,13-14H,4-6,11-12H2,1-3H3. The Balaban J connectivity index is 1.79. The fourth-order valence-corrected chi connectivity index (χ4v) is 2.82. The van der Waals surface area contributed by atoms with Crippen molar-refractivity contribution < 1.29 is 0 Å².